The van der Waals surface area contributed by atoms with E-state index in [2.05, 4.69) is 10.2 Å². The number of aromatic amines is 1. The number of carbonyl (C=O) groups excluding carboxylic acids is 1. The van der Waals surface area contributed by atoms with Gasteiger partial charge in [-0.25, -0.2) is 0 Å². The predicted molar refractivity (Wildman–Crippen MR) is 83.0 cm³/mol. The quantitative estimate of drug-likeness (QED) is 0.906. The molecule has 2 atom stereocenters. The molecule has 23 heavy (non-hydrogen) atoms. The van der Waals surface area contributed by atoms with E-state index in [1.165, 1.54) is 0 Å². The number of nitrogens with zero attached hydrogens (tertiary/aromatic N) is 2. The van der Waals surface area contributed by atoms with Crippen LogP contribution < -0.4 is 0 Å². The van der Waals surface area contributed by atoms with Crippen molar-refractivity contribution in [1.29, 1.82) is 0 Å². The maximum absolute atomic E-state index is 12.9. The zero-order valence-corrected chi connectivity index (χ0v) is 13.0. The molecule has 2 unspecified atom stereocenters. The van der Waals surface area contributed by atoms with Crippen LogP contribution in [0.25, 0.3) is 0 Å². The fourth-order valence-corrected chi connectivity index (χ4v) is 3.84. The minimum Gasteiger partial charge on any atom is -0.467 e. The van der Waals surface area contributed by atoms with Crippen molar-refractivity contribution < 1.29 is 14.3 Å². The van der Waals surface area contributed by atoms with Gasteiger partial charge in [-0.1, -0.05) is 0 Å². The molecule has 2 aromatic rings. The molecule has 2 N–H and O–H groups in total. The Kier molecular flexibility index (Phi) is 3.69. The van der Waals surface area contributed by atoms with Crippen molar-refractivity contribution in [3.05, 3.63) is 41.1 Å². The van der Waals surface area contributed by atoms with Crippen molar-refractivity contribution >= 4 is 5.91 Å². The number of fused-ring (bicyclic) bond motifs is 1. The molecule has 0 radical (unpaired) electrons. The summed E-state index contributed by atoms with van der Waals surface area (Å²) < 4.78 is 5.26. The number of aliphatic hydroxyl groups is 1. The first-order valence-corrected chi connectivity index (χ1v) is 8.32. The number of nitrogens with one attached hydrogen (secondary N) is 1. The Bertz CT molecular complexity index is 692. The second-order valence-electron chi connectivity index (χ2n) is 6.44. The average molecular weight is 315 g/mol. The minimum atomic E-state index is -0.673. The van der Waals surface area contributed by atoms with Crippen LogP contribution in [0.1, 0.15) is 59.3 Å². The van der Waals surface area contributed by atoms with E-state index < -0.39 is 6.10 Å². The monoisotopic (exact) mass is 315 g/mol. The van der Waals surface area contributed by atoms with E-state index in [1.54, 1.807) is 18.4 Å². The largest absolute Gasteiger partial charge is 0.467 e. The highest BCUT2D eigenvalue weighted by molar-refractivity contribution is 5.94. The van der Waals surface area contributed by atoms with E-state index in [4.69, 9.17) is 4.42 Å². The Hall–Kier alpha value is -2.08. The SMILES string of the molecule is O=C(c1n[nH]c2c1CCC2)N1CCCC1CC(O)c1ccco1. The second-order valence-corrected chi connectivity index (χ2v) is 6.44. The summed E-state index contributed by atoms with van der Waals surface area (Å²) >= 11 is 0. The Morgan fingerprint density at radius 1 is 1.48 bits per heavy atom. The van der Waals surface area contributed by atoms with Crippen molar-refractivity contribution in [1.82, 2.24) is 15.1 Å². The summed E-state index contributed by atoms with van der Waals surface area (Å²) in [7, 11) is 0. The van der Waals surface area contributed by atoms with E-state index >= 15 is 0 Å². The van der Waals surface area contributed by atoms with Crippen LogP contribution >= 0.6 is 0 Å². The fourth-order valence-electron chi connectivity index (χ4n) is 3.84. The summed E-state index contributed by atoms with van der Waals surface area (Å²) in [6.45, 7) is 0.732. The maximum Gasteiger partial charge on any atom is 0.274 e. The highest BCUT2D eigenvalue weighted by Crippen LogP contribution is 2.30. The number of hydrogen-bond donors (Lipinski definition) is 2. The van der Waals surface area contributed by atoms with Gasteiger partial charge in [-0.05, 0) is 44.2 Å². The second kappa shape index (κ2) is 5.85. The number of aryl methyl sites for hydroxylation is 1. The molecule has 2 aliphatic rings. The molecule has 122 valence electrons. The molecule has 0 saturated carbocycles. The van der Waals surface area contributed by atoms with Gasteiger partial charge in [0.1, 0.15) is 11.9 Å². The first kappa shape index (κ1) is 14.5. The Morgan fingerprint density at radius 2 is 2.39 bits per heavy atom. The van der Waals surface area contributed by atoms with E-state index in [-0.39, 0.29) is 11.9 Å². The van der Waals surface area contributed by atoms with Gasteiger partial charge in [0, 0.05) is 30.3 Å². The Balaban J connectivity index is 1.50. The van der Waals surface area contributed by atoms with Crippen LogP contribution in [-0.4, -0.2) is 38.7 Å². The van der Waals surface area contributed by atoms with E-state index in [0.717, 1.165) is 49.9 Å². The summed E-state index contributed by atoms with van der Waals surface area (Å²) in [6.07, 6.45) is 6.27. The molecule has 1 fully saturated rings. The molecule has 0 aromatic carbocycles. The molecule has 0 spiro atoms. The molecule has 1 amide bonds. The lowest BCUT2D eigenvalue weighted by atomic mass is 10.0. The van der Waals surface area contributed by atoms with Gasteiger partial charge >= 0.3 is 0 Å². The molecular formula is C17H21N3O3. The zero-order valence-electron chi connectivity index (χ0n) is 13.0. The molecule has 6 nitrogen and oxygen atoms in total. The number of carbonyl (C=O) groups is 1. The number of amides is 1. The van der Waals surface area contributed by atoms with Gasteiger partial charge in [0.05, 0.1) is 6.26 Å². The van der Waals surface area contributed by atoms with Gasteiger partial charge in [-0.2, -0.15) is 5.10 Å². The minimum absolute atomic E-state index is 0.00135. The number of rotatable bonds is 4. The summed E-state index contributed by atoms with van der Waals surface area (Å²) in [5.41, 5.74) is 2.78. The van der Waals surface area contributed by atoms with Gasteiger partial charge in [-0.15, -0.1) is 0 Å². The summed E-state index contributed by atoms with van der Waals surface area (Å²) in [5.74, 6) is 0.559. The molecule has 6 heteroatoms. The highest BCUT2D eigenvalue weighted by atomic mass is 16.4. The van der Waals surface area contributed by atoms with E-state index in [0.29, 0.717) is 17.9 Å². The molecule has 0 bridgehead atoms. The van der Waals surface area contributed by atoms with Gasteiger partial charge in [-0.3, -0.25) is 9.89 Å². The number of furan rings is 1. The standard InChI is InChI=1S/C17H21N3O3/c21-14(15-7-3-9-23-15)10-11-4-2-8-20(11)17(22)16-12-5-1-6-13(12)18-19-16/h3,7,9,11,14,21H,1-2,4-6,8,10H2,(H,18,19). The van der Waals surface area contributed by atoms with Crippen molar-refractivity contribution in [2.24, 2.45) is 0 Å². The lowest BCUT2D eigenvalue weighted by Crippen LogP contribution is -2.37. The molecule has 1 aliphatic carbocycles. The summed E-state index contributed by atoms with van der Waals surface area (Å²) in [5, 5.41) is 17.6. The van der Waals surface area contributed by atoms with Gasteiger partial charge in [0.2, 0.25) is 0 Å². The topological polar surface area (TPSA) is 82.4 Å². The van der Waals surface area contributed by atoms with E-state index in [9.17, 15) is 9.90 Å². The first-order chi connectivity index (χ1) is 11.2. The molecule has 1 aliphatic heterocycles. The maximum atomic E-state index is 12.9. The van der Waals surface area contributed by atoms with Gasteiger partial charge in [0.15, 0.2) is 5.69 Å². The van der Waals surface area contributed by atoms with E-state index in [1.807, 2.05) is 4.90 Å². The molecule has 1 saturated heterocycles. The Morgan fingerprint density at radius 3 is 3.22 bits per heavy atom. The third-order valence-electron chi connectivity index (χ3n) is 5.01. The zero-order chi connectivity index (χ0) is 15.8. The van der Waals surface area contributed by atoms with Crippen LogP contribution in [0.4, 0.5) is 0 Å². The van der Waals surface area contributed by atoms with Crippen LogP contribution in [0.15, 0.2) is 22.8 Å². The Labute approximate surface area is 134 Å². The predicted octanol–water partition coefficient (Wildman–Crippen LogP) is 2.22. The van der Waals surface area contributed by atoms with Crippen molar-refractivity contribution in [2.45, 2.75) is 50.7 Å². The van der Waals surface area contributed by atoms with Gasteiger partial charge < -0.3 is 14.4 Å². The highest BCUT2D eigenvalue weighted by Gasteiger charge is 2.34. The first-order valence-electron chi connectivity index (χ1n) is 8.32. The average Bonchev–Trinajstić information content (AvgIpc) is 3.30. The van der Waals surface area contributed by atoms with Crippen LogP contribution in [0.3, 0.4) is 0 Å². The van der Waals surface area contributed by atoms with Crippen LogP contribution in [-0.2, 0) is 12.8 Å². The molecule has 3 heterocycles. The smallest absolute Gasteiger partial charge is 0.274 e. The number of aliphatic hydroxyl groups excluding tert-OH is 1. The fraction of sp³-hybridized carbons (Fsp3) is 0.529. The number of H-pyrrole nitrogens is 1. The number of aromatic nitrogens is 2. The summed E-state index contributed by atoms with van der Waals surface area (Å²) in [4.78, 5) is 14.8. The van der Waals surface area contributed by atoms with Crippen molar-refractivity contribution in [2.75, 3.05) is 6.54 Å². The van der Waals surface area contributed by atoms with Crippen molar-refractivity contribution in [3.63, 3.8) is 0 Å². The summed E-state index contributed by atoms with van der Waals surface area (Å²) in [6, 6.07) is 3.58. The molecule has 2 aromatic heterocycles. The van der Waals surface area contributed by atoms with Crippen molar-refractivity contribution in [3.8, 4) is 0 Å². The number of likely N-dealkylation sites (tertiary alicyclic amines) is 1. The van der Waals surface area contributed by atoms with Gasteiger partial charge in [0.25, 0.3) is 5.91 Å². The van der Waals surface area contributed by atoms with Crippen LogP contribution in [0.2, 0.25) is 0 Å². The van der Waals surface area contributed by atoms with Crippen LogP contribution in [0, 0.1) is 0 Å². The lowest BCUT2D eigenvalue weighted by molar-refractivity contribution is 0.0635. The lowest BCUT2D eigenvalue weighted by Gasteiger charge is -2.25. The number of hydrogen-bond acceptors (Lipinski definition) is 4. The third kappa shape index (κ3) is 2.57. The molecular weight excluding hydrogens is 294 g/mol. The normalized spacial score (nSPS) is 21.6. The van der Waals surface area contributed by atoms with Crippen LogP contribution in [0.5, 0.6) is 0 Å². The third-order valence-corrected chi connectivity index (χ3v) is 5.01. The molecule has 4 rings (SSSR count).